The summed E-state index contributed by atoms with van der Waals surface area (Å²) in [6, 6.07) is -3.30. The van der Waals surface area contributed by atoms with E-state index in [1.54, 1.807) is 0 Å². The normalized spacial score (nSPS) is 25.2. The molecule has 1 fully saturated rings. The number of amides is 2. The summed E-state index contributed by atoms with van der Waals surface area (Å²) >= 11 is 0. The maximum Gasteiger partial charge on any atom is 0.391 e. The van der Waals surface area contributed by atoms with Crippen LogP contribution in [0, 0.1) is 0 Å². The average molecular weight is 284 g/mol. The molecule has 3 N–H and O–H groups in total. The minimum Gasteiger partial charge on any atom is -0.480 e. The van der Waals surface area contributed by atoms with Crippen molar-refractivity contribution in [2.75, 3.05) is 6.54 Å². The van der Waals surface area contributed by atoms with E-state index in [4.69, 9.17) is 5.11 Å². The van der Waals surface area contributed by atoms with Gasteiger partial charge in [0.1, 0.15) is 6.04 Å². The van der Waals surface area contributed by atoms with Crippen molar-refractivity contribution in [3.63, 3.8) is 0 Å². The number of urea groups is 1. The summed E-state index contributed by atoms with van der Waals surface area (Å²) in [5, 5.41) is 20.3. The summed E-state index contributed by atoms with van der Waals surface area (Å²) in [7, 11) is 0. The Morgan fingerprint density at radius 2 is 2.05 bits per heavy atom. The van der Waals surface area contributed by atoms with Crippen molar-refractivity contribution in [3.8, 4) is 0 Å². The van der Waals surface area contributed by atoms with E-state index < -0.39 is 42.8 Å². The van der Waals surface area contributed by atoms with E-state index in [1.165, 1.54) is 6.92 Å². The first-order chi connectivity index (χ1) is 8.60. The molecule has 0 aromatic heterocycles. The van der Waals surface area contributed by atoms with Crippen molar-refractivity contribution in [2.45, 2.75) is 44.1 Å². The minimum absolute atomic E-state index is 0.129. The molecule has 3 unspecified atom stereocenters. The zero-order valence-corrected chi connectivity index (χ0v) is 10.1. The summed E-state index contributed by atoms with van der Waals surface area (Å²) in [5.41, 5.74) is 0. The highest BCUT2D eigenvalue weighted by atomic mass is 19.4. The van der Waals surface area contributed by atoms with Crippen LogP contribution in [0.1, 0.15) is 19.8 Å². The molecule has 0 radical (unpaired) electrons. The van der Waals surface area contributed by atoms with Gasteiger partial charge in [-0.3, -0.25) is 0 Å². The fourth-order valence-corrected chi connectivity index (χ4v) is 1.96. The van der Waals surface area contributed by atoms with Crippen molar-refractivity contribution < 1.29 is 33.0 Å². The molecule has 3 atom stereocenters. The van der Waals surface area contributed by atoms with Crippen LogP contribution in [-0.4, -0.2) is 58.0 Å². The summed E-state index contributed by atoms with van der Waals surface area (Å²) in [4.78, 5) is 23.4. The van der Waals surface area contributed by atoms with Gasteiger partial charge in [0.15, 0.2) is 0 Å². The third-order valence-electron chi connectivity index (χ3n) is 2.73. The van der Waals surface area contributed by atoms with Gasteiger partial charge in [-0.25, -0.2) is 9.59 Å². The molecular weight excluding hydrogens is 269 g/mol. The second-order valence-electron chi connectivity index (χ2n) is 4.57. The molecule has 1 rings (SSSR count). The first-order valence-electron chi connectivity index (χ1n) is 5.65. The van der Waals surface area contributed by atoms with Crippen LogP contribution in [0.4, 0.5) is 18.0 Å². The number of aliphatic carboxylic acids is 1. The number of hydrogen-bond acceptors (Lipinski definition) is 3. The molecular formula is C10H15F3N2O4. The van der Waals surface area contributed by atoms with Gasteiger partial charge in [0, 0.05) is 19.0 Å². The van der Waals surface area contributed by atoms with Crippen molar-refractivity contribution in [2.24, 2.45) is 0 Å². The van der Waals surface area contributed by atoms with Crippen molar-refractivity contribution in [1.29, 1.82) is 0 Å². The van der Waals surface area contributed by atoms with E-state index in [0.717, 1.165) is 4.90 Å². The Bertz CT molecular complexity index is 361. The number of likely N-dealkylation sites (tertiary alicyclic amines) is 1. The number of carbonyl (C=O) groups is 2. The van der Waals surface area contributed by atoms with Crippen LogP contribution in [0.2, 0.25) is 0 Å². The van der Waals surface area contributed by atoms with E-state index in [1.807, 2.05) is 0 Å². The molecule has 0 spiro atoms. The highest BCUT2D eigenvalue weighted by Crippen LogP contribution is 2.22. The lowest BCUT2D eigenvalue weighted by Crippen LogP contribution is -2.49. The quantitative estimate of drug-likeness (QED) is 0.706. The van der Waals surface area contributed by atoms with Gasteiger partial charge in [-0.15, -0.1) is 0 Å². The summed E-state index contributed by atoms with van der Waals surface area (Å²) < 4.78 is 36.3. The molecule has 1 aliphatic heterocycles. The standard InChI is InChI=1S/C10H15F3N2O4/c1-5(3-10(11,12)13)14-9(19)15-4-6(16)2-7(15)8(17)18/h5-7,16H,2-4H2,1H3,(H,14,19)(H,17,18). The molecule has 0 saturated carbocycles. The maximum absolute atomic E-state index is 12.1. The average Bonchev–Trinajstić information content (AvgIpc) is 2.57. The van der Waals surface area contributed by atoms with Gasteiger partial charge < -0.3 is 20.4 Å². The van der Waals surface area contributed by atoms with Gasteiger partial charge in [0.2, 0.25) is 0 Å². The molecule has 0 bridgehead atoms. The number of halogens is 3. The lowest BCUT2D eigenvalue weighted by atomic mass is 10.2. The van der Waals surface area contributed by atoms with Gasteiger partial charge in [-0.05, 0) is 6.92 Å². The van der Waals surface area contributed by atoms with Crippen molar-refractivity contribution in [3.05, 3.63) is 0 Å². The Morgan fingerprint density at radius 3 is 2.53 bits per heavy atom. The van der Waals surface area contributed by atoms with Gasteiger partial charge >= 0.3 is 18.2 Å². The predicted octanol–water partition coefficient (Wildman–Crippen LogP) is 0.557. The highest BCUT2D eigenvalue weighted by molar-refractivity contribution is 5.83. The molecule has 6 nitrogen and oxygen atoms in total. The molecule has 1 saturated heterocycles. The van der Waals surface area contributed by atoms with E-state index in [2.05, 4.69) is 5.32 Å². The number of β-amino-alcohol motifs (C(OH)–C–C–N with tert-alkyl or cyclic N) is 1. The second-order valence-corrected chi connectivity index (χ2v) is 4.57. The first-order valence-corrected chi connectivity index (χ1v) is 5.65. The van der Waals surface area contributed by atoms with Crippen LogP contribution in [0.15, 0.2) is 0 Å². The summed E-state index contributed by atoms with van der Waals surface area (Å²) in [6.07, 6.45) is -6.73. The zero-order chi connectivity index (χ0) is 14.8. The van der Waals surface area contributed by atoms with Crippen LogP contribution in [-0.2, 0) is 4.79 Å². The minimum atomic E-state index is -4.41. The predicted molar refractivity (Wildman–Crippen MR) is 57.4 cm³/mol. The molecule has 1 heterocycles. The monoisotopic (exact) mass is 284 g/mol. The lowest BCUT2D eigenvalue weighted by Gasteiger charge is -2.24. The molecule has 9 heteroatoms. The number of hydrogen-bond donors (Lipinski definition) is 3. The number of rotatable bonds is 3. The smallest absolute Gasteiger partial charge is 0.391 e. The SMILES string of the molecule is CC(CC(F)(F)F)NC(=O)N1CC(O)CC1C(=O)O. The number of carboxylic acid groups (broad SMARTS) is 1. The van der Waals surface area contributed by atoms with E-state index in [9.17, 15) is 27.9 Å². The van der Waals surface area contributed by atoms with Gasteiger partial charge in [0.05, 0.1) is 12.5 Å². The fraction of sp³-hybridized carbons (Fsp3) is 0.800. The Labute approximate surface area is 107 Å². The summed E-state index contributed by atoms with van der Waals surface area (Å²) in [6.45, 7) is 0.967. The van der Waals surface area contributed by atoms with Crippen LogP contribution in [0.25, 0.3) is 0 Å². The molecule has 110 valence electrons. The number of aliphatic hydroxyl groups is 1. The van der Waals surface area contributed by atoms with E-state index in [0.29, 0.717) is 0 Å². The number of aliphatic hydroxyl groups excluding tert-OH is 1. The number of alkyl halides is 3. The third-order valence-corrected chi connectivity index (χ3v) is 2.73. The number of carbonyl (C=O) groups excluding carboxylic acids is 1. The zero-order valence-electron chi connectivity index (χ0n) is 10.1. The van der Waals surface area contributed by atoms with Crippen LogP contribution in [0.5, 0.6) is 0 Å². The van der Waals surface area contributed by atoms with Crippen LogP contribution < -0.4 is 5.32 Å². The number of nitrogens with one attached hydrogen (secondary N) is 1. The topological polar surface area (TPSA) is 89.9 Å². The van der Waals surface area contributed by atoms with Gasteiger partial charge in [0.25, 0.3) is 0 Å². The van der Waals surface area contributed by atoms with E-state index in [-0.39, 0.29) is 13.0 Å². The molecule has 0 aromatic carbocycles. The Morgan fingerprint density at radius 1 is 1.47 bits per heavy atom. The first kappa shape index (κ1) is 15.5. The maximum atomic E-state index is 12.1. The van der Waals surface area contributed by atoms with Gasteiger partial charge in [-0.1, -0.05) is 0 Å². The van der Waals surface area contributed by atoms with Crippen molar-refractivity contribution >= 4 is 12.0 Å². The van der Waals surface area contributed by atoms with Crippen LogP contribution in [0.3, 0.4) is 0 Å². The van der Waals surface area contributed by atoms with Crippen LogP contribution >= 0.6 is 0 Å². The molecule has 19 heavy (non-hydrogen) atoms. The summed E-state index contributed by atoms with van der Waals surface area (Å²) in [5.74, 6) is -1.30. The van der Waals surface area contributed by atoms with E-state index >= 15 is 0 Å². The second kappa shape index (κ2) is 5.64. The largest absolute Gasteiger partial charge is 0.480 e. The third kappa shape index (κ3) is 4.58. The fourth-order valence-electron chi connectivity index (χ4n) is 1.96. The van der Waals surface area contributed by atoms with Crippen molar-refractivity contribution in [1.82, 2.24) is 10.2 Å². The molecule has 0 aromatic rings. The molecule has 2 amide bonds. The Balaban J connectivity index is 2.59. The Kier molecular flexibility index (Phi) is 4.61. The number of carboxylic acids is 1. The number of nitrogens with zero attached hydrogens (tertiary/aromatic N) is 1. The van der Waals surface area contributed by atoms with Gasteiger partial charge in [-0.2, -0.15) is 13.2 Å². The Hall–Kier alpha value is -1.51. The molecule has 1 aliphatic rings. The lowest BCUT2D eigenvalue weighted by molar-refractivity contribution is -0.142. The molecule has 0 aliphatic carbocycles. The highest BCUT2D eigenvalue weighted by Gasteiger charge is 2.40.